The molecule has 4 nitrogen and oxygen atoms in total. The quantitative estimate of drug-likeness (QED) is 0.607. The molecule has 0 saturated carbocycles. The first kappa shape index (κ1) is 14.5. The lowest BCUT2D eigenvalue weighted by atomic mass is 10.0. The van der Waals surface area contributed by atoms with Crippen molar-refractivity contribution in [3.05, 3.63) is 23.8 Å². The minimum atomic E-state index is -3.08. The summed E-state index contributed by atoms with van der Waals surface area (Å²) in [5.41, 5.74) is 2.21. The van der Waals surface area contributed by atoms with E-state index in [0.717, 1.165) is 30.8 Å². The van der Waals surface area contributed by atoms with Crippen molar-refractivity contribution in [1.82, 2.24) is 4.67 Å². The van der Waals surface area contributed by atoms with Crippen molar-refractivity contribution in [3.63, 3.8) is 0 Å². The standard InChI is InChI=1S/C13H17Cl2N2O2P/c14-6-9-16(10-7-15)20(18)17-8-2-4-11-3-1-5-12(19-20)13(11)17/h1,3,5H,2,4,6-10H2/t20-/m1/s1. The van der Waals surface area contributed by atoms with E-state index in [1.807, 2.05) is 16.8 Å². The Kier molecular flexibility index (Phi) is 4.19. The average Bonchev–Trinajstić information content (AvgIpc) is 2.75. The van der Waals surface area contributed by atoms with Crippen molar-refractivity contribution in [2.45, 2.75) is 12.8 Å². The molecular weight excluding hydrogens is 318 g/mol. The topological polar surface area (TPSA) is 32.8 Å². The van der Waals surface area contributed by atoms with Gasteiger partial charge in [0.15, 0.2) is 5.75 Å². The van der Waals surface area contributed by atoms with Gasteiger partial charge in [-0.2, -0.15) is 0 Å². The zero-order valence-electron chi connectivity index (χ0n) is 11.1. The van der Waals surface area contributed by atoms with Crippen LogP contribution in [-0.2, 0) is 11.0 Å². The second-order valence-electron chi connectivity index (χ2n) is 4.90. The number of para-hydroxylation sites is 1. The first-order valence-electron chi connectivity index (χ1n) is 6.77. The van der Waals surface area contributed by atoms with Gasteiger partial charge < -0.3 is 4.52 Å². The molecule has 2 heterocycles. The van der Waals surface area contributed by atoms with Gasteiger partial charge in [-0.25, -0.2) is 9.24 Å². The van der Waals surface area contributed by atoms with Crippen LogP contribution >= 0.6 is 30.9 Å². The van der Waals surface area contributed by atoms with E-state index in [-0.39, 0.29) is 0 Å². The molecule has 7 heteroatoms. The Labute approximate surface area is 129 Å². The van der Waals surface area contributed by atoms with E-state index in [4.69, 9.17) is 27.7 Å². The van der Waals surface area contributed by atoms with Crippen LogP contribution in [0.4, 0.5) is 5.69 Å². The molecule has 0 aliphatic carbocycles. The molecule has 1 aromatic carbocycles. The zero-order chi connectivity index (χ0) is 14.2. The number of hydrogen-bond donors (Lipinski definition) is 0. The predicted molar refractivity (Wildman–Crippen MR) is 83.4 cm³/mol. The third-order valence-electron chi connectivity index (χ3n) is 3.72. The number of halogens is 2. The second-order valence-corrected chi connectivity index (χ2v) is 7.87. The van der Waals surface area contributed by atoms with Gasteiger partial charge in [0.2, 0.25) is 0 Å². The van der Waals surface area contributed by atoms with Gasteiger partial charge in [0.05, 0.1) is 5.69 Å². The molecule has 3 rings (SSSR count). The minimum absolute atomic E-state index is 0.404. The van der Waals surface area contributed by atoms with Crippen LogP contribution in [0.5, 0.6) is 5.75 Å². The van der Waals surface area contributed by atoms with Crippen molar-refractivity contribution < 1.29 is 9.09 Å². The molecule has 0 spiro atoms. The smallest absolute Gasteiger partial charge is 0.416 e. The number of rotatable bonds is 5. The average molecular weight is 335 g/mol. The van der Waals surface area contributed by atoms with Crippen molar-refractivity contribution in [3.8, 4) is 5.75 Å². The van der Waals surface area contributed by atoms with Gasteiger partial charge in [-0.3, -0.25) is 4.67 Å². The first-order valence-corrected chi connectivity index (χ1v) is 9.37. The molecule has 0 N–H and O–H groups in total. The molecule has 0 radical (unpaired) electrons. The normalized spacial score (nSPS) is 23.9. The fourth-order valence-electron chi connectivity index (χ4n) is 2.87. The van der Waals surface area contributed by atoms with Gasteiger partial charge in [-0.1, -0.05) is 12.1 Å². The molecule has 110 valence electrons. The fourth-order valence-corrected chi connectivity index (χ4v) is 6.01. The second kappa shape index (κ2) is 5.76. The van der Waals surface area contributed by atoms with Gasteiger partial charge in [-0.05, 0) is 24.5 Å². The van der Waals surface area contributed by atoms with Crippen LogP contribution in [0.25, 0.3) is 0 Å². The van der Waals surface area contributed by atoms with Gasteiger partial charge in [0.1, 0.15) is 0 Å². The summed E-state index contributed by atoms with van der Waals surface area (Å²) in [6.45, 7) is 1.76. The van der Waals surface area contributed by atoms with Crippen LogP contribution in [0.2, 0.25) is 0 Å². The highest BCUT2D eigenvalue weighted by Gasteiger charge is 2.48. The maximum absolute atomic E-state index is 13.4. The summed E-state index contributed by atoms with van der Waals surface area (Å²) in [6.07, 6.45) is 1.99. The summed E-state index contributed by atoms with van der Waals surface area (Å²) >= 11 is 11.7. The van der Waals surface area contributed by atoms with E-state index in [9.17, 15) is 4.57 Å². The van der Waals surface area contributed by atoms with Crippen LogP contribution in [-0.4, -0.2) is 36.1 Å². The van der Waals surface area contributed by atoms with Gasteiger partial charge in [0, 0.05) is 31.4 Å². The Balaban J connectivity index is 2.00. The van der Waals surface area contributed by atoms with Crippen LogP contribution in [0, 0.1) is 0 Å². The summed E-state index contributed by atoms with van der Waals surface area (Å²) in [6, 6.07) is 5.93. The molecule has 2 aliphatic heterocycles. The van der Waals surface area contributed by atoms with Crippen LogP contribution in [0.1, 0.15) is 12.0 Å². The largest absolute Gasteiger partial charge is 0.422 e. The SMILES string of the molecule is O=[P@]1(N(CCCl)CCCl)Oc2cccc3c2N1CCC3. The maximum atomic E-state index is 13.4. The number of nitrogens with zero attached hydrogens (tertiary/aromatic N) is 2. The van der Waals surface area contributed by atoms with Crippen LogP contribution in [0.15, 0.2) is 18.2 Å². The molecule has 20 heavy (non-hydrogen) atoms. The molecule has 0 unspecified atom stereocenters. The summed E-state index contributed by atoms with van der Waals surface area (Å²) in [7, 11) is -3.08. The monoisotopic (exact) mass is 334 g/mol. The molecule has 2 aliphatic rings. The maximum Gasteiger partial charge on any atom is 0.422 e. The Morgan fingerprint density at radius 2 is 2.05 bits per heavy atom. The summed E-state index contributed by atoms with van der Waals surface area (Å²) in [5, 5.41) is 0. The van der Waals surface area contributed by atoms with Gasteiger partial charge in [0.25, 0.3) is 0 Å². The number of anilines is 1. The summed E-state index contributed by atoms with van der Waals surface area (Å²) < 4.78 is 23.0. The molecule has 1 atom stereocenters. The van der Waals surface area contributed by atoms with Crippen LogP contribution in [0.3, 0.4) is 0 Å². The highest BCUT2D eigenvalue weighted by molar-refractivity contribution is 7.59. The third kappa shape index (κ3) is 2.23. The molecule has 0 fully saturated rings. The van der Waals surface area contributed by atoms with Crippen molar-refractivity contribution in [1.29, 1.82) is 0 Å². The molecule has 0 saturated heterocycles. The lowest BCUT2D eigenvalue weighted by molar-refractivity contribution is 0.378. The Morgan fingerprint density at radius 1 is 1.30 bits per heavy atom. The first-order chi connectivity index (χ1) is 9.70. The number of hydrogen-bond acceptors (Lipinski definition) is 2. The number of aryl methyl sites for hydroxylation is 1. The van der Waals surface area contributed by atoms with E-state index >= 15 is 0 Å². The molecule has 1 aromatic rings. The summed E-state index contributed by atoms with van der Waals surface area (Å²) in [5.74, 6) is 1.53. The molecule has 0 aromatic heterocycles. The molecule has 0 amide bonds. The summed E-state index contributed by atoms with van der Waals surface area (Å²) in [4.78, 5) is 0. The van der Waals surface area contributed by atoms with Crippen molar-refractivity contribution >= 4 is 36.6 Å². The number of benzene rings is 1. The lowest BCUT2D eigenvalue weighted by Crippen LogP contribution is -2.35. The highest BCUT2D eigenvalue weighted by atomic mass is 35.5. The van der Waals surface area contributed by atoms with E-state index in [1.54, 1.807) is 4.67 Å². The third-order valence-corrected chi connectivity index (χ3v) is 6.62. The van der Waals surface area contributed by atoms with Gasteiger partial charge in [-0.15, -0.1) is 23.2 Å². The van der Waals surface area contributed by atoms with Crippen LogP contribution < -0.4 is 9.19 Å². The van der Waals surface area contributed by atoms with E-state index in [2.05, 4.69) is 6.07 Å². The Morgan fingerprint density at radius 3 is 2.75 bits per heavy atom. The minimum Gasteiger partial charge on any atom is -0.416 e. The van der Waals surface area contributed by atoms with Crippen molar-refractivity contribution in [2.75, 3.05) is 36.1 Å². The zero-order valence-corrected chi connectivity index (χ0v) is 13.5. The number of alkyl halides is 2. The predicted octanol–water partition coefficient (Wildman–Crippen LogP) is 3.72. The molecule has 0 bridgehead atoms. The van der Waals surface area contributed by atoms with E-state index < -0.39 is 7.67 Å². The van der Waals surface area contributed by atoms with Gasteiger partial charge >= 0.3 is 7.67 Å². The van der Waals surface area contributed by atoms with Crippen molar-refractivity contribution in [2.24, 2.45) is 0 Å². The lowest BCUT2D eigenvalue weighted by Gasteiger charge is -2.34. The molecular formula is C13H17Cl2N2O2P. The van der Waals surface area contributed by atoms with E-state index in [1.165, 1.54) is 5.56 Å². The fraction of sp³-hybridized carbons (Fsp3) is 0.538. The highest BCUT2D eigenvalue weighted by Crippen LogP contribution is 2.65. The Bertz CT molecular complexity index is 549. The van der Waals surface area contributed by atoms with E-state index in [0.29, 0.717) is 24.8 Å². The Hall–Kier alpha value is -0.410.